The summed E-state index contributed by atoms with van der Waals surface area (Å²) < 4.78 is 6.57. The van der Waals surface area contributed by atoms with Crippen molar-refractivity contribution in [1.82, 2.24) is 15.1 Å². The van der Waals surface area contributed by atoms with E-state index in [9.17, 15) is 4.79 Å². The van der Waals surface area contributed by atoms with E-state index in [4.69, 9.17) is 16.3 Å². The number of benzene rings is 1. The molecular formula is C16H18ClN3O2. The fourth-order valence-corrected chi connectivity index (χ4v) is 2.86. The molecule has 2 aromatic rings. The summed E-state index contributed by atoms with van der Waals surface area (Å²) in [5.74, 6) is 0.783. The number of ether oxygens (including phenoxy) is 1. The summed E-state index contributed by atoms with van der Waals surface area (Å²) >= 11 is 6.09. The zero-order chi connectivity index (χ0) is 15.5. The largest absolute Gasteiger partial charge is 0.497 e. The Morgan fingerprint density at radius 2 is 2.18 bits per heavy atom. The van der Waals surface area contributed by atoms with Crippen LogP contribution in [-0.2, 0) is 6.54 Å². The minimum atomic E-state index is -0.265. The van der Waals surface area contributed by atoms with Gasteiger partial charge >= 0.3 is 0 Å². The molecule has 1 fully saturated rings. The van der Waals surface area contributed by atoms with Crippen molar-refractivity contribution in [2.75, 3.05) is 13.7 Å². The SMILES string of the molecule is COc1ccc(Cn2nc(C3CCCN3)cc(Cl)c2=O)cc1. The second kappa shape index (κ2) is 6.50. The normalized spacial score (nSPS) is 17.6. The fraction of sp³-hybridized carbons (Fsp3) is 0.375. The van der Waals surface area contributed by atoms with Crippen LogP contribution < -0.4 is 15.6 Å². The van der Waals surface area contributed by atoms with Gasteiger partial charge in [-0.1, -0.05) is 23.7 Å². The molecule has 0 spiro atoms. The summed E-state index contributed by atoms with van der Waals surface area (Å²) in [6, 6.07) is 9.43. The summed E-state index contributed by atoms with van der Waals surface area (Å²) in [5.41, 5.74) is 1.54. The molecule has 0 aliphatic carbocycles. The van der Waals surface area contributed by atoms with Crippen LogP contribution >= 0.6 is 11.6 Å². The maximum atomic E-state index is 12.2. The van der Waals surface area contributed by atoms with Gasteiger partial charge in [-0.2, -0.15) is 5.10 Å². The summed E-state index contributed by atoms with van der Waals surface area (Å²) in [5, 5.41) is 8.07. The topological polar surface area (TPSA) is 56.1 Å². The number of hydrogen-bond acceptors (Lipinski definition) is 4. The van der Waals surface area contributed by atoms with Gasteiger partial charge in [-0.25, -0.2) is 4.68 Å². The highest BCUT2D eigenvalue weighted by Gasteiger charge is 2.20. The zero-order valence-corrected chi connectivity index (χ0v) is 13.1. The maximum Gasteiger partial charge on any atom is 0.285 e. The molecule has 1 aliphatic rings. The van der Waals surface area contributed by atoms with Gasteiger partial charge in [0.15, 0.2) is 0 Å². The highest BCUT2D eigenvalue weighted by Crippen LogP contribution is 2.22. The van der Waals surface area contributed by atoms with Crippen molar-refractivity contribution in [1.29, 1.82) is 0 Å². The molecule has 0 amide bonds. The van der Waals surface area contributed by atoms with Gasteiger partial charge in [-0.15, -0.1) is 0 Å². The van der Waals surface area contributed by atoms with E-state index in [0.717, 1.165) is 36.4 Å². The van der Waals surface area contributed by atoms with E-state index in [1.54, 1.807) is 13.2 Å². The van der Waals surface area contributed by atoms with E-state index in [1.165, 1.54) is 4.68 Å². The van der Waals surface area contributed by atoms with Crippen LogP contribution in [0.5, 0.6) is 5.75 Å². The lowest BCUT2D eigenvalue weighted by atomic mass is 10.1. The van der Waals surface area contributed by atoms with Crippen LogP contribution in [0.1, 0.15) is 30.1 Å². The standard InChI is InChI=1S/C16H18ClN3O2/c1-22-12-6-4-11(5-7-12)10-20-16(21)13(17)9-15(19-20)14-3-2-8-18-14/h4-7,9,14,18H,2-3,8,10H2,1H3. The molecule has 1 N–H and O–H groups in total. The monoisotopic (exact) mass is 319 g/mol. The van der Waals surface area contributed by atoms with E-state index >= 15 is 0 Å². The first-order chi connectivity index (χ1) is 10.7. The zero-order valence-electron chi connectivity index (χ0n) is 12.4. The molecule has 0 bridgehead atoms. The lowest BCUT2D eigenvalue weighted by Crippen LogP contribution is -2.27. The van der Waals surface area contributed by atoms with E-state index < -0.39 is 0 Å². The quantitative estimate of drug-likeness (QED) is 0.940. The minimum Gasteiger partial charge on any atom is -0.497 e. The average molecular weight is 320 g/mol. The molecule has 116 valence electrons. The Balaban J connectivity index is 1.89. The number of rotatable bonds is 4. The smallest absolute Gasteiger partial charge is 0.285 e. The van der Waals surface area contributed by atoms with Crippen molar-refractivity contribution in [3.63, 3.8) is 0 Å². The van der Waals surface area contributed by atoms with E-state index in [2.05, 4.69) is 10.4 Å². The van der Waals surface area contributed by atoms with Gasteiger partial charge in [0, 0.05) is 0 Å². The van der Waals surface area contributed by atoms with Crippen LogP contribution in [0.4, 0.5) is 0 Å². The highest BCUT2D eigenvalue weighted by atomic mass is 35.5. The number of nitrogens with one attached hydrogen (secondary N) is 1. The van der Waals surface area contributed by atoms with Crippen molar-refractivity contribution in [3.8, 4) is 5.75 Å². The van der Waals surface area contributed by atoms with Crippen LogP contribution in [0.3, 0.4) is 0 Å². The lowest BCUT2D eigenvalue weighted by Gasteiger charge is -2.13. The number of methoxy groups -OCH3 is 1. The number of aromatic nitrogens is 2. The van der Waals surface area contributed by atoms with Crippen molar-refractivity contribution in [3.05, 3.63) is 57.0 Å². The molecular weight excluding hydrogens is 302 g/mol. The number of hydrogen-bond donors (Lipinski definition) is 1. The van der Waals surface area contributed by atoms with Crippen LogP contribution in [0.2, 0.25) is 5.02 Å². The first-order valence-corrected chi connectivity index (χ1v) is 7.69. The minimum absolute atomic E-state index is 0.181. The molecule has 1 unspecified atom stereocenters. The third-order valence-corrected chi connectivity index (χ3v) is 4.13. The van der Waals surface area contributed by atoms with Crippen molar-refractivity contribution < 1.29 is 4.74 Å². The molecule has 0 saturated carbocycles. The Kier molecular flexibility index (Phi) is 4.45. The maximum absolute atomic E-state index is 12.2. The summed E-state index contributed by atoms with van der Waals surface area (Å²) in [6.07, 6.45) is 2.13. The predicted molar refractivity (Wildman–Crippen MR) is 85.6 cm³/mol. The third kappa shape index (κ3) is 3.15. The van der Waals surface area contributed by atoms with Gasteiger partial charge in [0.1, 0.15) is 10.8 Å². The van der Waals surface area contributed by atoms with Crippen LogP contribution in [0.15, 0.2) is 35.1 Å². The lowest BCUT2D eigenvalue weighted by molar-refractivity contribution is 0.414. The van der Waals surface area contributed by atoms with Crippen LogP contribution in [0, 0.1) is 0 Å². The Labute approximate surface area is 133 Å². The first kappa shape index (κ1) is 15.1. The van der Waals surface area contributed by atoms with Crippen molar-refractivity contribution >= 4 is 11.6 Å². The average Bonchev–Trinajstić information content (AvgIpc) is 3.07. The number of nitrogens with zero attached hydrogens (tertiary/aromatic N) is 2. The first-order valence-electron chi connectivity index (χ1n) is 7.31. The Hall–Kier alpha value is -1.85. The van der Waals surface area contributed by atoms with Gasteiger partial charge in [0.2, 0.25) is 0 Å². The molecule has 22 heavy (non-hydrogen) atoms. The van der Waals surface area contributed by atoms with E-state index in [0.29, 0.717) is 6.54 Å². The van der Waals surface area contributed by atoms with E-state index in [1.807, 2.05) is 24.3 Å². The molecule has 1 aliphatic heterocycles. The fourth-order valence-electron chi connectivity index (χ4n) is 2.65. The second-order valence-corrected chi connectivity index (χ2v) is 5.78. The Bertz CT molecular complexity index is 706. The van der Waals surface area contributed by atoms with Gasteiger partial charge in [-0.05, 0) is 43.1 Å². The molecule has 5 nitrogen and oxygen atoms in total. The summed E-state index contributed by atoms with van der Waals surface area (Å²) in [6.45, 7) is 1.37. The van der Waals surface area contributed by atoms with Crippen LogP contribution in [0.25, 0.3) is 0 Å². The van der Waals surface area contributed by atoms with Gasteiger partial charge in [-0.3, -0.25) is 4.79 Å². The number of halogens is 1. The molecule has 0 radical (unpaired) electrons. The molecule has 2 heterocycles. The molecule has 1 aromatic heterocycles. The molecule has 3 rings (SSSR count). The van der Waals surface area contributed by atoms with E-state index in [-0.39, 0.29) is 16.6 Å². The van der Waals surface area contributed by atoms with Gasteiger partial charge < -0.3 is 10.1 Å². The Morgan fingerprint density at radius 3 is 2.82 bits per heavy atom. The third-order valence-electron chi connectivity index (χ3n) is 3.86. The second-order valence-electron chi connectivity index (χ2n) is 5.38. The predicted octanol–water partition coefficient (Wildman–Crippen LogP) is 2.38. The Morgan fingerprint density at radius 1 is 1.41 bits per heavy atom. The molecule has 1 atom stereocenters. The molecule has 1 aromatic carbocycles. The molecule has 1 saturated heterocycles. The van der Waals surface area contributed by atoms with Gasteiger partial charge in [0.25, 0.3) is 5.56 Å². The summed E-state index contributed by atoms with van der Waals surface area (Å²) in [7, 11) is 1.62. The van der Waals surface area contributed by atoms with Gasteiger partial charge in [0.05, 0.1) is 25.4 Å². The molecule has 6 heteroatoms. The van der Waals surface area contributed by atoms with Crippen molar-refractivity contribution in [2.24, 2.45) is 0 Å². The van der Waals surface area contributed by atoms with Crippen LogP contribution in [-0.4, -0.2) is 23.4 Å². The highest BCUT2D eigenvalue weighted by molar-refractivity contribution is 6.30. The summed E-state index contributed by atoms with van der Waals surface area (Å²) in [4.78, 5) is 12.2. The van der Waals surface area contributed by atoms with Crippen molar-refractivity contribution in [2.45, 2.75) is 25.4 Å².